The molecule has 0 amide bonds. The maximum atomic E-state index is 12.0. The molecular weight excluding hydrogens is 272 g/mol. The van der Waals surface area contributed by atoms with E-state index in [0.717, 1.165) is 0 Å². The number of hydrogen-bond acceptors (Lipinski definition) is 4. The van der Waals surface area contributed by atoms with E-state index >= 15 is 0 Å². The van der Waals surface area contributed by atoms with Gasteiger partial charge in [0.1, 0.15) is 12.4 Å². The molecule has 0 spiro atoms. The van der Waals surface area contributed by atoms with E-state index in [1.54, 1.807) is 42.5 Å². The SMILES string of the molecule is C=CCOc1ccc(C(=O)CC(=O)c2cccs2)cc1. The average Bonchev–Trinajstić information content (AvgIpc) is 3.00. The third kappa shape index (κ3) is 3.65. The van der Waals surface area contributed by atoms with Crippen molar-refractivity contribution >= 4 is 22.9 Å². The summed E-state index contributed by atoms with van der Waals surface area (Å²) in [5.74, 6) is 0.349. The van der Waals surface area contributed by atoms with Crippen molar-refractivity contribution < 1.29 is 14.3 Å². The first-order chi connectivity index (χ1) is 9.70. The molecule has 2 rings (SSSR count). The molecule has 1 aromatic carbocycles. The average molecular weight is 286 g/mol. The topological polar surface area (TPSA) is 43.4 Å². The van der Waals surface area contributed by atoms with Gasteiger partial charge < -0.3 is 4.74 Å². The number of rotatable bonds is 7. The van der Waals surface area contributed by atoms with Gasteiger partial charge in [0.25, 0.3) is 0 Å². The number of thiophene rings is 1. The lowest BCUT2D eigenvalue weighted by atomic mass is 10.1. The number of ether oxygens (including phenoxy) is 1. The fraction of sp³-hybridized carbons (Fsp3) is 0.125. The molecule has 102 valence electrons. The molecule has 0 N–H and O–H groups in total. The predicted molar refractivity (Wildman–Crippen MR) is 79.7 cm³/mol. The van der Waals surface area contributed by atoms with Crippen LogP contribution >= 0.6 is 11.3 Å². The van der Waals surface area contributed by atoms with Crippen molar-refractivity contribution in [1.29, 1.82) is 0 Å². The minimum atomic E-state index is -0.182. The van der Waals surface area contributed by atoms with E-state index < -0.39 is 0 Å². The van der Waals surface area contributed by atoms with Gasteiger partial charge in [-0.1, -0.05) is 18.7 Å². The summed E-state index contributed by atoms with van der Waals surface area (Å²) in [7, 11) is 0. The van der Waals surface area contributed by atoms with Crippen molar-refractivity contribution in [2.75, 3.05) is 6.61 Å². The number of Topliss-reactive ketones (excluding diaryl/α,β-unsaturated/α-hetero) is 2. The molecule has 0 saturated carbocycles. The fourth-order valence-corrected chi connectivity index (χ4v) is 2.33. The van der Waals surface area contributed by atoms with Crippen LogP contribution in [0.1, 0.15) is 26.5 Å². The first-order valence-electron chi connectivity index (χ1n) is 6.14. The summed E-state index contributed by atoms with van der Waals surface area (Å²) in [6.07, 6.45) is 1.55. The van der Waals surface area contributed by atoms with Crippen molar-refractivity contribution in [3.63, 3.8) is 0 Å². The van der Waals surface area contributed by atoms with E-state index in [1.807, 2.05) is 5.38 Å². The van der Waals surface area contributed by atoms with Gasteiger partial charge in [0.05, 0.1) is 11.3 Å². The van der Waals surface area contributed by atoms with Gasteiger partial charge in [-0.2, -0.15) is 0 Å². The Morgan fingerprint density at radius 1 is 1.15 bits per heavy atom. The van der Waals surface area contributed by atoms with Gasteiger partial charge in [0.15, 0.2) is 11.6 Å². The molecule has 0 radical (unpaired) electrons. The smallest absolute Gasteiger partial charge is 0.180 e. The van der Waals surface area contributed by atoms with E-state index in [2.05, 4.69) is 6.58 Å². The Labute approximate surface area is 121 Å². The molecule has 0 fully saturated rings. The first kappa shape index (κ1) is 14.2. The summed E-state index contributed by atoms with van der Waals surface area (Å²) in [6.45, 7) is 3.98. The van der Waals surface area contributed by atoms with E-state index in [-0.39, 0.29) is 18.0 Å². The van der Waals surface area contributed by atoms with Crippen LogP contribution in [-0.2, 0) is 0 Å². The second kappa shape index (κ2) is 6.82. The van der Waals surface area contributed by atoms with Gasteiger partial charge >= 0.3 is 0 Å². The number of carbonyl (C=O) groups is 2. The van der Waals surface area contributed by atoms with Crippen LogP contribution in [0.4, 0.5) is 0 Å². The Bertz CT molecular complexity index is 597. The molecule has 0 saturated heterocycles. The third-order valence-corrected chi connectivity index (χ3v) is 3.57. The summed E-state index contributed by atoms with van der Waals surface area (Å²) in [5, 5.41) is 1.82. The van der Waals surface area contributed by atoms with Crippen LogP contribution in [0.2, 0.25) is 0 Å². The number of carbonyl (C=O) groups excluding carboxylic acids is 2. The zero-order valence-electron chi connectivity index (χ0n) is 10.9. The highest BCUT2D eigenvalue weighted by Crippen LogP contribution is 2.16. The molecule has 0 aliphatic rings. The Balaban J connectivity index is 1.98. The molecule has 0 unspecified atom stereocenters. The zero-order valence-corrected chi connectivity index (χ0v) is 11.7. The Morgan fingerprint density at radius 2 is 1.90 bits per heavy atom. The molecule has 0 atom stereocenters. The Morgan fingerprint density at radius 3 is 2.50 bits per heavy atom. The first-order valence-corrected chi connectivity index (χ1v) is 7.02. The van der Waals surface area contributed by atoms with Crippen LogP contribution < -0.4 is 4.74 Å². The summed E-state index contributed by atoms with van der Waals surface area (Å²) in [6, 6.07) is 10.3. The minimum absolute atomic E-state index is 0.104. The van der Waals surface area contributed by atoms with Crippen molar-refractivity contribution in [3.05, 3.63) is 64.9 Å². The highest BCUT2D eigenvalue weighted by atomic mass is 32.1. The molecule has 0 aliphatic heterocycles. The Kier molecular flexibility index (Phi) is 4.85. The van der Waals surface area contributed by atoms with Crippen LogP contribution in [0.25, 0.3) is 0 Å². The molecule has 1 aromatic heterocycles. The lowest BCUT2D eigenvalue weighted by molar-refractivity contribution is 0.0896. The van der Waals surface area contributed by atoms with E-state index in [4.69, 9.17) is 4.74 Å². The van der Waals surface area contributed by atoms with E-state index in [1.165, 1.54) is 11.3 Å². The highest BCUT2D eigenvalue weighted by molar-refractivity contribution is 7.12. The zero-order chi connectivity index (χ0) is 14.4. The summed E-state index contributed by atoms with van der Waals surface area (Å²) < 4.78 is 5.34. The maximum Gasteiger partial charge on any atom is 0.180 e. The van der Waals surface area contributed by atoms with Crippen molar-refractivity contribution in [2.24, 2.45) is 0 Å². The van der Waals surface area contributed by atoms with E-state index in [9.17, 15) is 9.59 Å². The van der Waals surface area contributed by atoms with Crippen LogP contribution in [0.15, 0.2) is 54.4 Å². The second-order valence-electron chi connectivity index (χ2n) is 4.12. The summed E-state index contributed by atoms with van der Waals surface area (Å²) in [5.41, 5.74) is 0.515. The number of benzene rings is 1. The van der Waals surface area contributed by atoms with Gasteiger partial charge in [0, 0.05) is 5.56 Å². The lowest BCUT2D eigenvalue weighted by Crippen LogP contribution is -2.07. The van der Waals surface area contributed by atoms with Crippen LogP contribution in [-0.4, -0.2) is 18.2 Å². The van der Waals surface area contributed by atoms with Crippen molar-refractivity contribution in [2.45, 2.75) is 6.42 Å². The molecule has 1 heterocycles. The van der Waals surface area contributed by atoms with Gasteiger partial charge in [-0.25, -0.2) is 0 Å². The lowest BCUT2D eigenvalue weighted by Gasteiger charge is -2.04. The van der Waals surface area contributed by atoms with Gasteiger partial charge in [-0.05, 0) is 35.7 Å². The van der Waals surface area contributed by atoms with Crippen LogP contribution in [0, 0.1) is 0 Å². The maximum absolute atomic E-state index is 12.0. The molecular formula is C16H14O3S. The Hall–Kier alpha value is -2.20. The normalized spacial score (nSPS) is 10.0. The number of ketones is 2. The quantitative estimate of drug-likeness (QED) is 0.442. The van der Waals surface area contributed by atoms with Crippen molar-refractivity contribution in [3.8, 4) is 5.75 Å². The molecule has 4 heteroatoms. The van der Waals surface area contributed by atoms with Gasteiger partial charge in [-0.15, -0.1) is 11.3 Å². The number of hydrogen-bond donors (Lipinski definition) is 0. The standard InChI is InChI=1S/C16H14O3S/c1-2-9-19-13-7-5-12(6-8-13)14(17)11-15(18)16-4-3-10-20-16/h2-8,10H,1,9,11H2. The predicted octanol–water partition coefficient (Wildman–Crippen LogP) is 3.77. The monoisotopic (exact) mass is 286 g/mol. The second-order valence-corrected chi connectivity index (χ2v) is 5.07. The molecule has 2 aromatic rings. The molecule has 0 aliphatic carbocycles. The van der Waals surface area contributed by atoms with Crippen LogP contribution in [0.5, 0.6) is 5.75 Å². The summed E-state index contributed by atoms with van der Waals surface area (Å²) >= 11 is 1.35. The summed E-state index contributed by atoms with van der Waals surface area (Å²) in [4.78, 5) is 24.5. The van der Waals surface area contributed by atoms with Gasteiger partial charge in [-0.3, -0.25) is 9.59 Å². The molecule has 3 nitrogen and oxygen atoms in total. The fourth-order valence-electron chi connectivity index (χ4n) is 1.66. The minimum Gasteiger partial charge on any atom is -0.490 e. The highest BCUT2D eigenvalue weighted by Gasteiger charge is 2.14. The molecule has 0 bridgehead atoms. The molecule has 20 heavy (non-hydrogen) atoms. The van der Waals surface area contributed by atoms with E-state index in [0.29, 0.717) is 22.8 Å². The largest absolute Gasteiger partial charge is 0.490 e. The van der Waals surface area contributed by atoms with Crippen LogP contribution in [0.3, 0.4) is 0 Å². The van der Waals surface area contributed by atoms with Gasteiger partial charge in [0.2, 0.25) is 0 Å². The third-order valence-electron chi connectivity index (χ3n) is 2.66. The van der Waals surface area contributed by atoms with Crippen molar-refractivity contribution in [1.82, 2.24) is 0 Å².